The molecule has 6 aromatic carbocycles. The second-order valence-electron chi connectivity index (χ2n) is 12.1. The molecule has 0 saturated carbocycles. The van der Waals surface area contributed by atoms with Crippen LogP contribution in [-0.4, -0.2) is 29.9 Å². The third-order valence-electron chi connectivity index (χ3n) is 9.22. The van der Waals surface area contributed by atoms with Crippen LogP contribution in [0.3, 0.4) is 0 Å². The van der Waals surface area contributed by atoms with Gasteiger partial charge < -0.3 is 0 Å². The van der Waals surface area contributed by atoms with Gasteiger partial charge in [-0.2, -0.15) is 0 Å². The van der Waals surface area contributed by atoms with Gasteiger partial charge in [-0.05, 0) is 81.9 Å². The van der Waals surface area contributed by atoms with Crippen LogP contribution in [0.25, 0.3) is 96.5 Å². The highest BCUT2D eigenvalue weighted by Gasteiger charge is 2.15. The molecule has 50 heavy (non-hydrogen) atoms. The quantitative estimate of drug-likeness (QED) is 0.181. The highest BCUT2D eigenvalue weighted by Crippen LogP contribution is 2.42. The van der Waals surface area contributed by atoms with Gasteiger partial charge in [-0.3, -0.25) is 0 Å². The summed E-state index contributed by atoms with van der Waals surface area (Å²) in [4.78, 5) is 25.7. The number of aromatic nitrogens is 6. The van der Waals surface area contributed by atoms with Crippen LogP contribution in [0.2, 0.25) is 0 Å². The molecule has 0 amide bonds. The van der Waals surface area contributed by atoms with Gasteiger partial charge in [0.1, 0.15) is 25.3 Å². The Bertz CT molecular complexity index is 2680. The first-order valence-electron chi connectivity index (χ1n) is 16.1. The van der Waals surface area contributed by atoms with E-state index in [-0.39, 0.29) is 0 Å². The minimum absolute atomic E-state index is 0.670. The molecule has 0 atom stereocenters. The lowest BCUT2D eigenvalue weighted by Crippen LogP contribution is -1.91. The zero-order valence-electron chi connectivity index (χ0n) is 26.4. The van der Waals surface area contributed by atoms with E-state index in [9.17, 15) is 0 Å². The van der Waals surface area contributed by atoms with E-state index in [4.69, 9.17) is 0 Å². The van der Waals surface area contributed by atoms with Crippen LogP contribution in [0.4, 0.5) is 0 Å². The van der Waals surface area contributed by atoms with Crippen molar-refractivity contribution in [2.75, 3.05) is 0 Å². The van der Waals surface area contributed by atoms with Crippen molar-refractivity contribution in [2.24, 2.45) is 0 Å². The Labute approximate surface area is 294 Å². The highest BCUT2D eigenvalue weighted by atomic mass is 32.1. The zero-order valence-corrected chi connectivity index (χ0v) is 28.0. The van der Waals surface area contributed by atoms with E-state index >= 15 is 0 Å². The zero-order chi connectivity index (χ0) is 33.0. The molecule has 0 aliphatic rings. The van der Waals surface area contributed by atoms with Crippen LogP contribution < -0.4 is 0 Å². The number of nitrogens with zero attached hydrogens (tertiary/aromatic N) is 6. The molecule has 0 bridgehead atoms. The van der Waals surface area contributed by atoms with Crippen LogP contribution in [0, 0.1) is 0 Å². The van der Waals surface area contributed by atoms with Gasteiger partial charge >= 0.3 is 0 Å². The van der Waals surface area contributed by atoms with Gasteiger partial charge in [0.15, 0.2) is 11.6 Å². The lowest BCUT2D eigenvalue weighted by Gasteiger charge is -2.09. The summed E-state index contributed by atoms with van der Waals surface area (Å²) in [6.07, 6.45) is 6.18. The number of thiophene rings is 2. The molecule has 6 nitrogen and oxygen atoms in total. The minimum Gasteiger partial charge on any atom is -0.225 e. The molecule has 0 spiro atoms. The SMILES string of the molecule is c1ccc(-c2ncncn2)c(-c2ccc3sc4ccc(-c5ccc6sc7ccc(-c8ccccc8-c8ncncn8)cc7c6c5)cc4c3c2)c1. The highest BCUT2D eigenvalue weighted by molar-refractivity contribution is 7.26. The predicted octanol–water partition coefficient (Wildman–Crippen LogP) is 11.1. The molecular formula is C42H24N6S2. The van der Waals surface area contributed by atoms with Crippen molar-refractivity contribution in [1.82, 2.24) is 29.9 Å². The first kappa shape index (κ1) is 28.8. The summed E-state index contributed by atoms with van der Waals surface area (Å²) in [7, 11) is 0. The molecule has 0 radical (unpaired) electrons. The first-order valence-corrected chi connectivity index (χ1v) is 17.8. The summed E-state index contributed by atoms with van der Waals surface area (Å²) in [5.74, 6) is 1.34. The standard InChI is InChI=1S/C42H24N6S2/c1-3-7-31(41-45-21-43-22-46-41)29(5-1)27-11-15-39-35(19-27)33-17-25(9-13-37(33)49-39)26-10-14-38-34(18-26)36-20-28(12-16-40(36)50-38)30-6-2-4-8-32(30)42-47-23-44-24-48-42/h1-24H. The maximum atomic E-state index is 4.43. The van der Waals surface area contributed by atoms with Crippen molar-refractivity contribution in [3.63, 3.8) is 0 Å². The second kappa shape index (κ2) is 11.7. The van der Waals surface area contributed by atoms with Crippen molar-refractivity contribution in [3.05, 3.63) is 147 Å². The smallest absolute Gasteiger partial charge is 0.163 e. The average molecular weight is 677 g/mol. The monoisotopic (exact) mass is 676 g/mol. The van der Waals surface area contributed by atoms with Gasteiger partial charge in [0, 0.05) is 51.5 Å². The topological polar surface area (TPSA) is 77.3 Å². The third-order valence-corrected chi connectivity index (χ3v) is 11.5. The molecule has 0 unspecified atom stereocenters. The van der Waals surface area contributed by atoms with E-state index in [1.807, 2.05) is 34.8 Å². The van der Waals surface area contributed by atoms with E-state index in [1.165, 1.54) is 51.5 Å². The van der Waals surface area contributed by atoms with E-state index in [2.05, 4.69) is 139 Å². The summed E-state index contributed by atoms with van der Waals surface area (Å²) in [6, 6.07) is 43.8. The maximum Gasteiger partial charge on any atom is 0.163 e. The summed E-state index contributed by atoms with van der Waals surface area (Å²) in [5, 5.41) is 5.01. The van der Waals surface area contributed by atoms with Crippen LogP contribution in [0.15, 0.2) is 147 Å². The van der Waals surface area contributed by atoms with Gasteiger partial charge in [-0.25, -0.2) is 29.9 Å². The van der Waals surface area contributed by atoms with Crippen LogP contribution in [-0.2, 0) is 0 Å². The Kier molecular flexibility index (Phi) is 6.75. The Balaban J connectivity index is 1.08. The summed E-state index contributed by atoms with van der Waals surface area (Å²) >= 11 is 3.66. The van der Waals surface area contributed by atoms with Gasteiger partial charge in [-0.15, -0.1) is 22.7 Å². The van der Waals surface area contributed by atoms with Gasteiger partial charge in [0.05, 0.1) is 0 Å². The number of hydrogen-bond donors (Lipinski definition) is 0. The number of rotatable bonds is 5. The fraction of sp³-hybridized carbons (Fsp3) is 0. The molecule has 0 fully saturated rings. The van der Waals surface area contributed by atoms with Crippen molar-refractivity contribution in [1.29, 1.82) is 0 Å². The molecule has 0 aliphatic carbocycles. The lowest BCUT2D eigenvalue weighted by molar-refractivity contribution is 1.06. The van der Waals surface area contributed by atoms with Crippen LogP contribution in [0.5, 0.6) is 0 Å². The normalized spacial score (nSPS) is 11.6. The lowest BCUT2D eigenvalue weighted by atomic mass is 9.96. The van der Waals surface area contributed by atoms with Gasteiger partial charge in [0.25, 0.3) is 0 Å². The molecule has 4 aromatic heterocycles. The van der Waals surface area contributed by atoms with E-state index in [0.717, 1.165) is 33.4 Å². The van der Waals surface area contributed by atoms with Gasteiger partial charge in [-0.1, -0.05) is 72.8 Å². The van der Waals surface area contributed by atoms with Gasteiger partial charge in [0.2, 0.25) is 0 Å². The fourth-order valence-corrected chi connectivity index (χ4v) is 9.00. The van der Waals surface area contributed by atoms with Crippen molar-refractivity contribution >= 4 is 63.0 Å². The number of benzene rings is 6. The van der Waals surface area contributed by atoms with E-state index in [1.54, 1.807) is 25.3 Å². The van der Waals surface area contributed by atoms with E-state index in [0.29, 0.717) is 11.6 Å². The first-order chi connectivity index (χ1) is 24.8. The predicted molar refractivity (Wildman–Crippen MR) is 206 cm³/mol. The van der Waals surface area contributed by atoms with Crippen molar-refractivity contribution < 1.29 is 0 Å². The molecule has 0 aliphatic heterocycles. The summed E-state index contributed by atoms with van der Waals surface area (Å²) in [6.45, 7) is 0. The van der Waals surface area contributed by atoms with Crippen molar-refractivity contribution in [2.45, 2.75) is 0 Å². The Morgan fingerprint density at radius 2 is 0.640 bits per heavy atom. The third kappa shape index (κ3) is 4.84. The van der Waals surface area contributed by atoms with E-state index < -0.39 is 0 Å². The molecule has 8 heteroatoms. The molecule has 0 saturated heterocycles. The molecule has 10 aromatic rings. The Hall–Kier alpha value is -6.22. The number of hydrogen-bond acceptors (Lipinski definition) is 8. The average Bonchev–Trinajstić information content (AvgIpc) is 3.75. The fourth-order valence-electron chi connectivity index (χ4n) is 6.87. The molecular weight excluding hydrogens is 653 g/mol. The van der Waals surface area contributed by atoms with Crippen molar-refractivity contribution in [3.8, 4) is 56.2 Å². The molecule has 10 rings (SSSR count). The molecule has 0 N–H and O–H groups in total. The largest absolute Gasteiger partial charge is 0.225 e. The Morgan fingerprint density at radius 1 is 0.320 bits per heavy atom. The molecule has 4 heterocycles. The maximum absolute atomic E-state index is 4.43. The summed E-state index contributed by atoms with van der Waals surface area (Å²) in [5.41, 5.74) is 8.85. The Morgan fingerprint density at radius 3 is 1.02 bits per heavy atom. The van der Waals surface area contributed by atoms with Crippen LogP contribution >= 0.6 is 22.7 Å². The van der Waals surface area contributed by atoms with Crippen LogP contribution in [0.1, 0.15) is 0 Å². The second-order valence-corrected chi connectivity index (χ2v) is 14.2. The summed E-state index contributed by atoms with van der Waals surface area (Å²) < 4.78 is 5.08. The molecule has 234 valence electrons. The number of fused-ring (bicyclic) bond motifs is 6. The minimum atomic E-state index is 0.670.